The molecule has 4 amide bonds. The van der Waals surface area contributed by atoms with Crippen LogP contribution in [-0.4, -0.2) is 46.5 Å². The Morgan fingerprint density at radius 2 is 1.97 bits per heavy atom. The van der Waals surface area contributed by atoms with E-state index in [1.807, 2.05) is 11.4 Å². The smallest absolute Gasteiger partial charge is 0.325 e. The third kappa shape index (κ3) is 4.48. The summed E-state index contributed by atoms with van der Waals surface area (Å²) in [6.45, 7) is 7.89. The summed E-state index contributed by atoms with van der Waals surface area (Å²) in [6.07, 6.45) is 2.95. The summed E-state index contributed by atoms with van der Waals surface area (Å²) in [5.41, 5.74) is -1.90. The van der Waals surface area contributed by atoms with Crippen LogP contribution in [0, 0.1) is 11.3 Å². The van der Waals surface area contributed by atoms with E-state index in [0.29, 0.717) is 18.8 Å². The monoisotopic (exact) mass is 421 g/mol. The SMILES string of the molecule is CC(C)(C)C1CCC2(CC1)NC(=O)N(CC(=O)NC[C@](C)(O)c1cccs1)C2=O. The minimum absolute atomic E-state index is 0.00834. The summed E-state index contributed by atoms with van der Waals surface area (Å²) in [4.78, 5) is 39.5. The number of rotatable bonds is 5. The lowest BCUT2D eigenvalue weighted by Crippen LogP contribution is -2.51. The van der Waals surface area contributed by atoms with Gasteiger partial charge in [0.1, 0.15) is 17.7 Å². The van der Waals surface area contributed by atoms with Crippen LogP contribution >= 0.6 is 11.3 Å². The first-order valence-electron chi connectivity index (χ1n) is 10.1. The van der Waals surface area contributed by atoms with E-state index in [4.69, 9.17) is 0 Å². The fourth-order valence-corrected chi connectivity index (χ4v) is 5.06. The first-order chi connectivity index (χ1) is 13.4. The Morgan fingerprint density at radius 3 is 2.52 bits per heavy atom. The van der Waals surface area contributed by atoms with Gasteiger partial charge in [0, 0.05) is 4.88 Å². The van der Waals surface area contributed by atoms with Crippen LogP contribution in [0.2, 0.25) is 0 Å². The number of imide groups is 1. The number of amides is 4. The molecule has 8 heteroatoms. The molecule has 1 aromatic heterocycles. The highest BCUT2D eigenvalue weighted by atomic mass is 32.1. The Kier molecular flexibility index (Phi) is 5.80. The van der Waals surface area contributed by atoms with Crippen molar-refractivity contribution in [3.8, 4) is 0 Å². The van der Waals surface area contributed by atoms with Gasteiger partial charge >= 0.3 is 6.03 Å². The maximum absolute atomic E-state index is 13.0. The molecule has 0 bridgehead atoms. The molecule has 1 saturated carbocycles. The second-order valence-corrected chi connectivity index (χ2v) is 10.5. The largest absolute Gasteiger partial charge is 0.383 e. The fourth-order valence-electron chi connectivity index (χ4n) is 4.28. The third-order valence-electron chi connectivity index (χ3n) is 6.29. The Balaban J connectivity index is 1.57. The van der Waals surface area contributed by atoms with Gasteiger partial charge in [0.25, 0.3) is 5.91 Å². The lowest BCUT2D eigenvalue weighted by atomic mass is 9.67. The summed E-state index contributed by atoms with van der Waals surface area (Å²) < 4.78 is 0. The van der Waals surface area contributed by atoms with Crippen molar-refractivity contribution in [3.05, 3.63) is 22.4 Å². The number of carbonyl (C=O) groups is 3. The molecule has 1 aromatic rings. The van der Waals surface area contributed by atoms with Crippen LogP contribution in [0.1, 0.15) is 58.3 Å². The van der Waals surface area contributed by atoms with E-state index < -0.39 is 23.1 Å². The van der Waals surface area contributed by atoms with E-state index in [1.54, 1.807) is 13.0 Å². The molecule has 1 aliphatic heterocycles. The Morgan fingerprint density at radius 1 is 1.31 bits per heavy atom. The van der Waals surface area contributed by atoms with Crippen LogP contribution in [0.3, 0.4) is 0 Å². The Labute approximate surface area is 175 Å². The van der Waals surface area contributed by atoms with E-state index in [1.165, 1.54) is 11.3 Å². The molecule has 3 rings (SSSR count). The van der Waals surface area contributed by atoms with Crippen molar-refractivity contribution in [2.45, 2.75) is 64.5 Å². The van der Waals surface area contributed by atoms with Crippen molar-refractivity contribution in [2.75, 3.05) is 13.1 Å². The maximum Gasteiger partial charge on any atom is 0.325 e. The number of thiophene rings is 1. The number of hydrogen-bond acceptors (Lipinski definition) is 5. The highest BCUT2D eigenvalue weighted by Crippen LogP contribution is 2.43. The van der Waals surface area contributed by atoms with Crippen LogP contribution in [0.15, 0.2) is 17.5 Å². The quantitative estimate of drug-likeness (QED) is 0.637. The average molecular weight is 422 g/mol. The van der Waals surface area contributed by atoms with Crippen molar-refractivity contribution >= 4 is 29.2 Å². The Bertz CT molecular complexity index is 774. The average Bonchev–Trinajstić information content (AvgIpc) is 3.25. The molecule has 2 aliphatic rings. The predicted molar refractivity (Wildman–Crippen MR) is 111 cm³/mol. The number of hydrogen-bond donors (Lipinski definition) is 3. The van der Waals surface area contributed by atoms with Gasteiger partial charge in [-0.2, -0.15) is 0 Å². The molecule has 2 heterocycles. The second-order valence-electron chi connectivity index (χ2n) is 9.57. The zero-order valence-electron chi connectivity index (χ0n) is 17.6. The van der Waals surface area contributed by atoms with Crippen LogP contribution in [-0.2, 0) is 15.2 Å². The Hall–Kier alpha value is -1.93. The van der Waals surface area contributed by atoms with Gasteiger partial charge in [0.2, 0.25) is 5.91 Å². The first kappa shape index (κ1) is 21.8. The van der Waals surface area contributed by atoms with Gasteiger partial charge in [-0.25, -0.2) is 4.79 Å². The number of nitrogens with zero attached hydrogens (tertiary/aromatic N) is 1. The molecule has 0 aromatic carbocycles. The van der Waals surface area contributed by atoms with E-state index in [-0.39, 0.29) is 24.4 Å². The van der Waals surface area contributed by atoms with Crippen molar-refractivity contribution in [3.63, 3.8) is 0 Å². The molecule has 3 N–H and O–H groups in total. The van der Waals surface area contributed by atoms with E-state index in [0.717, 1.165) is 22.6 Å². The van der Waals surface area contributed by atoms with Crippen LogP contribution < -0.4 is 10.6 Å². The highest BCUT2D eigenvalue weighted by molar-refractivity contribution is 7.10. The lowest BCUT2D eigenvalue weighted by Gasteiger charge is -2.40. The number of urea groups is 1. The van der Waals surface area contributed by atoms with E-state index in [2.05, 4.69) is 31.4 Å². The molecule has 1 saturated heterocycles. The third-order valence-corrected chi connectivity index (χ3v) is 7.42. The summed E-state index contributed by atoms with van der Waals surface area (Å²) in [5.74, 6) is -0.268. The normalized spacial score (nSPS) is 27.1. The molecular formula is C21H31N3O4S. The van der Waals surface area contributed by atoms with E-state index in [9.17, 15) is 19.5 Å². The van der Waals surface area contributed by atoms with Crippen molar-refractivity contribution in [1.82, 2.24) is 15.5 Å². The summed E-state index contributed by atoms with van der Waals surface area (Å²) in [6, 6.07) is 3.12. The van der Waals surface area contributed by atoms with Crippen molar-refractivity contribution < 1.29 is 19.5 Å². The van der Waals surface area contributed by atoms with Gasteiger partial charge in [-0.15, -0.1) is 11.3 Å². The summed E-state index contributed by atoms with van der Waals surface area (Å²) >= 11 is 1.40. The molecule has 1 aliphatic carbocycles. The number of aliphatic hydroxyl groups is 1. The molecule has 0 unspecified atom stereocenters. The standard InChI is InChI=1S/C21H31N3O4S/c1-19(2,3)14-7-9-21(10-8-14)17(26)24(18(27)23-21)12-16(25)22-13-20(4,28)15-6-5-11-29-15/h5-6,11,14,28H,7-10,12-13H2,1-4H3,(H,22,25)(H,23,27)/t14?,20-,21?/m0/s1. The summed E-state index contributed by atoms with van der Waals surface area (Å²) in [7, 11) is 0. The fraction of sp³-hybridized carbons (Fsp3) is 0.667. The van der Waals surface area contributed by atoms with Crippen molar-refractivity contribution in [2.24, 2.45) is 11.3 Å². The second kappa shape index (κ2) is 7.72. The maximum atomic E-state index is 13.0. The van der Waals surface area contributed by atoms with E-state index >= 15 is 0 Å². The van der Waals surface area contributed by atoms with Crippen LogP contribution in [0.5, 0.6) is 0 Å². The molecule has 1 spiro atoms. The van der Waals surface area contributed by atoms with Gasteiger partial charge in [0.05, 0.1) is 6.54 Å². The van der Waals surface area contributed by atoms with Gasteiger partial charge in [0.15, 0.2) is 0 Å². The lowest BCUT2D eigenvalue weighted by molar-refractivity contribution is -0.136. The van der Waals surface area contributed by atoms with Crippen LogP contribution in [0.25, 0.3) is 0 Å². The topological polar surface area (TPSA) is 98.7 Å². The zero-order valence-corrected chi connectivity index (χ0v) is 18.4. The van der Waals surface area contributed by atoms with Gasteiger partial charge in [-0.3, -0.25) is 14.5 Å². The minimum atomic E-state index is -1.20. The predicted octanol–water partition coefficient (Wildman–Crippen LogP) is 2.60. The van der Waals surface area contributed by atoms with Gasteiger partial charge in [-0.05, 0) is 55.4 Å². The molecule has 1 atom stereocenters. The molecule has 160 valence electrons. The molecule has 2 fully saturated rings. The number of nitrogens with one attached hydrogen (secondary N) is 2. The summed E-state index contributed by atoms with van der Waals surface area (Å²) in [5, 5.41) is 17.9. The van der Waals surface area contributed by atoms with Gasteiger partial charge < -0.3 is 15.7 Å². The van der Waals surface area contributed by atoms with Crippen LogP contribution in [0.4, 0.5) is 4.79 Å². The molecule has 7 nitrogen and oxygen atoms in total. The van der Waals surface area contributed by atoms with Crippen molar-refractivity contribution in [1.29, 1.82) is 0 Å². The molecule has 0 radical (unpaired) electrons. The molecule has 29 heavy (non-hydrogen) atoms. The highest BCUT2D eigenvalue weighted by Gasteiger charge is 2.53. The zero-order chi connectivity index (χ0) is 21.4. The minimum Gasteiger partial charge on any atom is -0.383 e. The molecular weight excluding hydrogens is 390 g/mol. The number of carbonyl (C=O) groups excluding carboxylic acids is 3. The van der Waals surface area contributed by atoms with Gasteiger partial charge in [-0.1, -0.05) is 26.8 Å². The first-order valence-corrected chi connectivity index (χ1v) is 11.0.